The molecule has 0 spiro atoms. The van der Waals surface area contributed by atoms with Crippen LogP contribution in [0, 0.1) is 9.49 Å². The van der Waals surface area contributed by atoms with Crippen molar-refractivity contribution in [2.45, 2.75) is 6.42 Å². The molecule has 0 radical (unpaired) electrons. The van der Waals surface area contributed by atoms with Gasteiger partial charge in [0.2, 0.25) is 0 Å². The summed E-state index contributed by atoms with van der Waals surface area (Å²) in [5.41, 5.74) is 6.40. The van der Waals surface area contributed by atoms with Gasteiger partial charge in [-0.1, -0.05) is 6.07 Å². The number of rotatable bonds is 2. The molecule has 3 nitrogen and oxygen atoms in total. The number of hydrogen-bond donors (Lipinski definition) is 1. The Labute approximate surface area is 109 Å². The summed E-state index contributed by atoms with van der Waals surface area (Å²) in [4.78, 5) is 14.0. The minimum Gasteiger partial charge on any atom is -0.338 e. The first-order chi connectivity index (χ1) is 7.70. The van der Waals surface area contributed by atoms with E-state index in [0.29, 0.717) is 12.5 Å². The first-order valence-corrected chi connectivity index (χ1v) is 6.53. The third-order valence-corrected chi connectivity index (χ3v) is 3.65. The molecule has 0 bridgehead atoms. The van der Waals surface area contributed by atoms with Gasteiger partial charge in [0.05, 0.1) is 0 Å². The van der Waals surface area contributed by atoms with E-state index in [1.807, 2.05) is 29.2 Å². The summed E-state index contributed by atoms with van der Waals surface area (Å²) in [6, 6.07) is 7.72. The second-order valence-corrected chi connectivity index (χ2v) is 5.40. The Balaban J connectivity index is 2.08. The monoisotopic (exact) mass is 330 g/mol. The lowest BCUT2D eigenvalue weighted by Gasteiger charge is -2.16. The largest absolute Gasteiger partial charge is 0.338 e. The fourth-order valence-electron chi connectivity index (χ4n) is 2.01. The highest BCUT2D eigenvalue weighted by Crippen LogP contribution is 2.18. The molecule has 4 heteroatoms. The van der Waals surface area contributed by atoms with Gasteiger partial charge in [-0.3, -0.25) is 4.79 Å². The van der Waals surface area contributed by atoms with Crippen LogP contribution in [-0.2, 0) is 0 Å². The quantitative estimate of drug-likeness (QED) is 0.840. The van der Waals surface area contributed by atoms with Crippen molar-refractivity contribution in [2.24, 2.45) is 11.7 Å². The number of nitrogens with zero attached hydrogens (tertiary/aromatic N) is 1. The van der Waals surface area contributed by atoms with Crippen LogP contribution in [0.1, 0.15) is 16.8 Å². The zero-order valence-corrected chi connectivity index (χ0v) is 11.2. The predicted octanol–water partition coefficient (Wildman–Crippen LogP) is 1.71. The van der Waals surface area contributed by atoms with Crippen molar-refractivity contribution in [3.63, 3.8) is 0 Å². The van der Waals surface area contributed by atoms with E-state index >= 15 is 0 Å². The Morgan fingerprint density at radius 2 is 2.38 bits per heavy atom. The maximum atomic E-state index is 12.1. The zero-order chi connectivity index (χ0) is 11.5. The Bertz CT molecular complexity index is 394. The average Bonchev–Trinajstić information content (AvgIpc) is 2.76. The standard InChI is InChI=1S/C12H15IN2O/c13-11-3-1-2-10(6-11)12(16)15-5-4-9(7-14)8-15/h1-3,6,9H,4-5,7-8,14H2. The smallest absolute Gasteiger partial charge is 0.253 e. The molecule has 0 aromatic heterocycles. The van der Waals surface area contributed by atoms with Crippen LogP contribution in [0.4, 0.5) is 0 Å². The number of nitrogens with two attached hydrogens (primary N) is 1. The fourth-order valence-corrected chi connectivity index (χ4v) is 2.56. The van der Waals surface area contributed by atoms with Crippen LogP contribution in [0.2, 0.25) is 0 Å². The maximum absolute atomic E-state index is 12.1. The summed E-state index contributed by atoms with van der Waals surface area (Å²) in [7, 11) is 0. The molecule has 0 aliphatic carbocycles. The summed E-state index contributed by atoms with van der Waals surface area (Å²) in [6.45, 7) is 2.32. The third kappa shape index (κ3) is 2.55. The van der Waals surface area contributed by atoms with Crippen LogP contribution in [0.15, 0.2) is 24.3 Å². The van der Waals surface area contributed by atoms with E-state index in [4.69, 9.17) is 5.73 Å². The SMILES string of the molecule is NCC1CCN(C(=O)c2cccc(I)c2)C1. The molecule has 1 saturated heterocycles. The summed E-state index contributed by atoms with van der Waals surface area (Å²) < 4.78 is 1.10. The van der Waals surface area contributed by atoms with Crippen LogP contribution >= 0.6 is 22.6 Å². The van der Waals surface area contributed by atoms with Gasteiger partial charge in [-0.15, -0.1) is 0 Å². The predicted molar refractivity (Wildman–Crippen MR) is 72.2 cm³/mol. The molecule has 1 fully saturated rings. The number of carbonyl (C=O) groups excluding carboxylic acids is 1. The summed E-state index contributed by atoms with van der Waals surface area (Å²) in [6.07, 6.45) is 1.03. The Morgan fingerprint density at radius 3 is 3.00 bits per heavy atom. The molecular formula is C12H15IN2O. The van der Waals surface area contributed by atoms with E-state index in [1.54, 1.807) is 0 Å². The number of benzene rings is 1. The van der Waals surface area contributed by atoms with Gasteiger partial charge in [0.25, 0.3) is 5.91 Å². The van der Waals surface area contributed by atoms with Crippen molar-refractivity contribution < 1.29 is 4.79 Å². The average molecular weight is 330 g/mol. The minimum absolute atomic E-state index is 0.134. The normalized spacial score (nSPS) is 20.1. The van der Waals surface area contributed by atoms with Gasteiger partial charge in [-0.2, -0.15) is 0 Å². The van der Waals surface area contributed by atoms with Gasteiger partial charge >= 0.3 is 0 Å². The van der Waals surface area contributed by atoms with Crippen LogP contribution in [-0.4, -0.2) is 30.4 Å². The van der Waals surface area contributed by atoms with Crippen LogP contribution in [0.5, 0.6) is 0 Å². The van der Waals surface area contributed by atoms with Crippen molar-refractivity contribution in [2.75, 3.05) is 19.6 Å². The second-order valence-electron chi connectivity index (χ2n) is 4.15. The molecule has 86 valence electrons. The molecule has 1 atom stereocenters. The first kappa shape index (κ1) is 11.9. The van der Waals surface area contributed by atoms with Gasteiger partial charge in [0.1, 0.15) is 0 Å². The molecule has 1 aromatic carbocycles. The number of hydrogen-bond acceptors (Lipinski definition) is 2. The summed E-state index contributed by atoms with van der Waals surface area (Å²) in [5.74, 6) is 0.612. The molecule has 1 heterocycles. The Morgan fingerprint density at radius 1 is 1.56 bits per heavy atom. The fraction of sp³-hybridized carbons (Fsp3) is 0.417. The van der Waals surface area contributed by atoms with E-state index in [2.05, 4.69) is 22.6 Å². The maximum Gasteiger partial charge on any atom is 0.253 e. The molecule has 2 N–H and O–H groups in total. The van der Waals surface area contributed by atoms with Gasteiger partial charge in [-0.05, 0) is 59.7 Å². The van der Waals surface area contributed by atoms with E-state index in [1.165, 1.54) is 0 Å². The van der Waals surface area contributed by atoms with Gasteiger partial charge < -0.3 is 10.6 Å². The molecule has 16 heavy (non-hydrogen) atoms. The lowest BCUT2D eigenvalue weighted by Crippen LogP contribution is -2.29. The molecule has 1 amide bonds. The highest BCUT2D eigenvalue weighted by atomic mass is 127. The van der Waals surface area contributed by atoms with Crippen molar-refractivity contribution in [3.8, 4) is 0 Å². The lowest BCUT2D eigenvalue weighted by atomic mass is 10.1. The van der Waals surface area contributed by atoms with Crippen LogP contribution in [0.3, 0.4) is 0 Å². The van der Waals surface area contributed by atoms with Crippen LogP contribution in [0.25, 0.3) is 0 Å². The Kier molecular flexibility index (Phi) is 3.81. The highest BCUT2D eigenvalue weighted by molar-refractivity contribution is 14.1. The lowest BCUT2D eigenvalue weighted by molar-refractivity contribution is 0.0787. The minimum atomic E-state index is 0.134. The van der Waals surface area contributed by atoms with Gasteiger partial charge in [0.15, 0.2) is 0 Å². The topological polar surface area (TPSA) is 46.3 Å². The first-order valence-electron chi connectivity index (χ1n) is 5.45. The molecule has 1 aliphatic heterocycles. The molecule has 1 aliphatic rings. The van der Waals surface area contributed by atoms with Crippen LogP contribution < -0.4 is 5.73 Å². The van der Waals surface area contributed by atoms with E-state index in [-0.39, 0.29) is 5.91 Å². The number of carbonyl (C=O) groups is 1. The van der Waals surface area contributed by atoms with E-state index in [9.17, 15) is 4.79 Å². The number of likely N-dealkylation sites (tertiary alicyclic amines) is 1. The molecule has 1 unspecified atom stereocenters. The molecule has 2 rings (SSSR count). The zero-order valence-electron chi connectivity index (χ0n) is 9.03. The molecule has 0 saturated carbocycles. The van der Waals surface area contributed by atoms with Crippen molar-refractivity contribution in [1.82, 2.24) is 4.90 Å². The number of amides is 1. The van der Waals surface area contributed by atoms with Gasteiger partial charge in [-0.25, -0.2) is 0 Å². The van der Waals surface area contributed by atoms with E-state index in [0.717, 1.165) is 28.6 Å². The number of halogens is 1. The Hall–Kier alpha value is -0.620. The van der Waals surface area contributed by atoms with E-state index < -0.39 is 0 Å². The summed E-state index contributed by atoms with van der Waals surface area (Å²) in [5, 5.41) is 0. The highest BCUT2D eigenvalue weighted by Gasteiger charge is 2.25. The van der Waals surface area contributed by atoms with Crippen molar-refractivity contribution >= 4 is 28.5 Å². The van der Waals surface area contributed by atoms with Crippen molar-refractivity contribution in [3.05, 3.63) is 33.4 Å². The third-order valence-electron chi connectivity index (χ3n) is 2.98. The van der Waals surface area contributed by atoms with Crippen molar-refractivity contribution in [1.29, 1.82) is 0 Å². The van der Waals surface area contributed by atoms with Gasteiger partial charge in [0, 0.05) is 22.2 Å². The second kappa shape index (κ2) is 5.14. The molecular weight excluding hydrogens is 315 g/mol. The molecule has 1 aromatic rings. The summed E-state index contributed by atoms with van der Waals surface area (Å²) >= 11 is 2.22.